The van der Waals surface area contributed by atoms with Gasteiger partial charge >= 0.3 is 0 Å². The Kier molecular flexibility index (Phi) is 19.3. The molecule has 2 N–H and O–H groups in total. The first-order chi connectivity index (χ1) is 23.9. The van der Waals surface area contributed by atoms with Crippen LogP contribution in [0.2, 0.25) is 5.02 Å². The van der Waals surface area contributed by atoms with Crippen molar-refractivity contribution >= 4 is 29.2 Å². The summed E-state index contributed by atoms with van der Waals surface area (Å²) in [5.74, 6) is -0.0728. The number of allylic oxidation sites excluding steroid dienone is 12. The Hall–Kier alpha value is -4.42. The molecule has 50 heavy (non-hydrogen) atoms. The normalized spacial score (nSPS) is 12.7. The number of ketones is 1. The highest BCUT2D eigenvalue weighted by atomic mass is 35.5. The summed E-state index contributed by atoms with van der Waals surface area (Å²) >= 11 is 5.92. The number of carbonyl (C=O) groups excluding carboxylic acids is 3. The fourth-order valence-corrected chi connectivity index (χ4v) is 4.67. The fourth-order valence-electron chi connectivity index (χ4n) is 4.55. The summed E-state index contributed by atoms with van der Waals surface area (Å²) in [6.07, 6.45) is 32.7. The second-order valence-corrected chi connectivity index (χ2v) is 13.5. The molecular formula is C43H55ClN2O4. The molecule has 7 heteroatoms. The number of carbonyl (C=O) groups is 3. The van der Waals surface area contributed by atoms with Crippen molar-refractivity contribution in [2.45, 2.75) is 97.1 Å². The lowest BCUT2D eigenvalue weighted by Gasteiger charge is -2.32. The predicted octanol–water partition coefficient (Wildman–Crippen LogP) is 10.2. The topological polar surface area (TPSA) is 84.5 Å². The predicted molar refractivity (Wildman–Crippen MR) is 209 cm³/mol. The summed E-state index contributed by atoms with van der Waals surface area (Å²) in [6.45, 7) is 9.48. The van der Waals surface area contributed by atoms with Crippen LogP contribution in [0.15, 0.2) is 121 Å². The van der Waals surface area contributed by atoms with E-state index < -0.39 is 11.1 Å². The van der Waals surface area contributed by atoms with Crippen LogP contribution in [-0.2, 0) is 9.59 Å². The van der Waals surface area contributed by atoms with E-state index in [0.717, 1.165) is 38.5 Å². The highest BCUT2D eigenvalue weighted by Gasteiger charge is 2.34. The summed E-state index contributed by atoms with van der Waals surface area (Å²) in [7, 11) is 0. The van der Waals surface area contributed by atoms with Crippen LogP contribution in [0.3, 0.4) is 0 Å². The Bertz CT molecular complexity index is 1510. The maximum atomic E-state index is 13.1. The molecule has 0 fully saturated rings. The van der Waals surface area contributed by atoms with Crippen molar-refractivity contribution in [2.75, 3.05) is 6.54 Å². The van der Waals surface area contributed by atoms with E-state index in [9.17, 15) is 14.4 Å². The van der Waals surface area contributed by atoms with Gasteiger partial charge in [0.15, 0.2) is 11.4 Å². The van der Waals surface area contributed by atoms with E-state index in [4.69, 9.17) is 16.3 Å². The van der Waals surface area contributed by atoms with Crippen molar-refractivity contribution in [3.63, 3.8) is 0 Å². The molecule has 6 nitrogen and oxygen atoms in total. The zero-order valence-corrected chi connectivity index (χ0v) is 31.2. The molecule has 2 amide bonds. The van der Waals surface area contributed by atoms with Crippen molar-refractivity contribution in [3.8, 4) is 5.75 Å². The van der Waals surface area contributed by atoms with Gasteiger partial charge in [0.05, 0.1) is 5.54 Å². The second kappa shape index (κ2) is 23.1. The molecule has 0 radical (unpaired) electrons. The number of rotatable bonds is 22. The zero-order chi connectivity index (χ0) is 36.7. The minimum Gasteiger partial charge on any atom is -0.478 e. The quantitative estimate of drug-likeness (QED) is 0.0947. The number of ether oxygens (including phenoxy) is 1. The van der Waals surface area contributed by atoms with E-state index in [0.29, 0.717) is 34.7 Å². The number of hydrogen-bond donors (Lipinski definition) is 2. The highest BCUT2D eigenvalue weighted by molar-refractivity contribution is 6.30. The number of amides is 2. The first-order valence-electron chi connectivity index (χ1n) is 17.5. The molecule has 0 heterocycles. The van der Waals surface area contributed by atoms with Crippen LogP contribution in [0.4, 0.5) is 0 Å². The van der Waals surface area contributed by atoms with Crippen LogP contribution < -0.4 is 15.4 Å². The Morgan fingerprint density at radius 2 is 1.10 bits per heavy atom. The molecule has 2 rings (SSSR count). The molecular weight excluding hydrogens is 644 g/mol. The van der Waals surface area contributed by atoms with Gasteiger partial charge in [-0.2, -0.15) is 0 Å². The van der Waals surface area contributed by atoms with E-state index in [-0.39, 0.29) is 24.1 Å². The molecule has 0 bridgehead atoms. The van der Waals surface area contributed by atoms with Crippen molar-refractivity contribution in [1.82, 2.24) is 10.6 Å². The lowest BCUT2D eigenvalue weighted by molar-refractivity contribution is -0.136. The van der Waals surface area contributed by atoms with Gasteiger partial charge < -0.3 is 15.4 Å². The van der Waals surface area contributed by atoms with Gasteiger partial charge in [-0.25, -0.2) is 0 Å². The van der Waals surface area contributed by atoms with E-state index in [2.05, 4.69) is 84.4 Å². The van der Waals surface area contributed by atoms with E-state index in [1.807, 2.05) is 19.9 Å². The van der Waals surface area contributed by atoms with Crippen molar-refractivity contribution in [2.24, 2.45) is 0 Å². The van der Waals surface area contributed by atoms with Gasteiger partial charge in [-0.15, -0.1) is 0 Å². The third-order valence-electron chi connectivity index (χ3n) is 7.46. The fraction of sp³-hybridized carbons (Fsp3) is 0.372. The molecule has 0 spiro atoms. The smallest absolute Gasteiger partial charge is 0.264 e. The summed E-state index contributed by atoms with van der Waals surface area (Å²) < 4.78 is 5.99. The van der Waals surface area contributed by atoms with Crippen LogP contribution >= 0.6 is 11.6 Å². The Morgan fingerprint density at radius 1 is 0.660 bits per heavy atom. The number of nitrogens with one attached hydrogen (secondary N) is 2. The average molecular weight is 699 g/mol. The molecule has 2 aromatic rings. The van der Waals surface area contributed by atoms with Crippen LogP contribution in [0.1, 0.15) is 102 Å². The van der Waals surface area contributed by atoms with E-state index in [1.165, 1.54) is 0 Å². The Balaban J connectivity index is 1.63. The van der Waals surface area contributed by atoms with Gasteiger partial charge in [0.25, 0.3) is 5.91 Å². The largest absolute Gasteiger partial charge is 0.478 e. The molecule has 0 unspecified atom stereocenters. The van der Waals surface area contributed by atoms with Gasteiger partial charge in [0.1, 0.15) is 5.75 Å². The molecule has 0 atom stereocenters. The number of hydrogen-bond acceptors (Lipinski definition) is 4. The zero-order valence-electron chi connectivity index (χ0n) is 30.4. The lowest BCUT2D eigenvalue weighted by atomic mass is 10.0. The molecule has 0 aromatic heterocycles. The van der Waals surface area contributed by atoms with Crippen LogP contribution in [0.25, 0.3) is 0 Å². The molecule has 0 aliphatic heterocycles. The minimum absolute atomic E-state index is 0.0735. The van der Waals surface area contributed by atoms with E-state index in [1.54, 1.807) is 62.4 Å². The summed E-state index contributed by atoms with van der Waals surface area (Å²) in [4.78, 5) is 38.3. The average Bonchev–Trinajstić information content (AvgIpc) is 3.08. The van der Waals surface area contributed by atoms with Gasteiger partial charge in [-0.05, 0) is 121 Å². The van der Waals surface area contributed by atoms with Gasteiger partial charge in [0.2, 0.25) is 5.91 Å². The van der Waals surface area contributed by atoms with Crippen molar-refractivity contribution < 1.29 is 19.1 Å². The molecule has 0 aliphatic rings. The Labute approximate surface area is 305 Å². The van der Waals surface area contributed by atoms with Crippen LogP contribution in [0, 0.1) is 0 Å². The summed E-state index contributed by atoms with van der Waals surface area (Å²) in [5, 5.41) is 6.46. The first-order valence-corrected chi connectivity index (χ1v) is 17.9. The second-order valence-electron chi connectivity index (χ2n) is 13.0. The number of benzene rings is 2. The molecule has 0 aliphatic carbocycles. The SMILES string of the molecule is CCC=CCC=CCC=CCC=CCC=CCC=CCCC(=O)NCC(C)(C)NC(=O)C(C)(C)Oc1ccc(C(=O)c2ccc(Cl)cc2)cc1. The Morgan fingerprint density at radius 3 is 1.58 bits per heavy atom. The maximum absolute atomic E-state index is 13.1. The monoisotopic (exact) mass is 698 g/mol. The van der Waals surface area contributed by atoms with Gasteiger partial charge in [0, 0.05) is 29.1 Å². The third-order valence-corrected chi connectivity index (χ3v) is 7.71. The lowest BCUT2D eigenvalue weighted by Crippen LogP contribution is -2.57. The molecule has 2 aromatic carbocycles. The summed E-state index contributed by atoms with van der Waals surface area (Å²) in [6, 6.07) is 13.4. The van der Waals surface area contributed by atoms with Gasteiger partial charge in [-0.3, -0.25) is 14.4 Å². The minimum atomic E-state index is -1.20. The van der Waals surface area contributed by atoms with E-state index >= 15 is 0 Å². The standard InChI is InChI=1S/C43H55ClN2O4/c1-6-7-8-9-10-11-12-13-14-15-16-17-18-19-20-21-22-23-24-25-39(47)45-34-42(2,3)46-41(49)43(4,5)50-38-32-28-36(29-33-38)40(48)35-26-30-37(44)31-27-35/h7-8,10-11,13-14,16-17,19-20,22-23,26-33H,6,9,12,15,18,21,24-25,34H2,1-5H3,(H,45,47)(H,46,49). The van der Waals surface area contributed by atoms with Crippen LogP contribution in [-0.4, -0.2) is 35.3 Å². The third kappa shape index (κ3) is 17.8. The van der Waals surface area contributed by atoms with Crippen molar-refractivity contribution in [1.29, 1.82) is 0 Å². The first kappa shape index (κ1) is 41.7. The highest BCUT2D eigenvalue weighted by Crippen LogP contribution is 2.22. The van der Waals surface area contributed by atoms with Crippen molar-refractivity contribution in [3.05, 3.63) is 138 Å². The number of halogens is 1. The maximum Gasteiger partial charge on any atom is 0.264 e. The van der Waals surface area contributed by atoms with Gasteiger partial charge in [-0.1, -0.05) is 91.4 Å². The molecule has 0 saturated heterocycles. The molecule has 268 valence electrons. The molecule has 0 saturated carbocycles. The van der Waals surface area contributed by atoms with Crippen LogP contribution in [0.5, 0.6) is 5.75 Å². The summed E-state index contributed by atoms with van der Waals surface area (Å²) in [5.41, 5.74) is -0.861.